The Morgan fingerprint density at radius 3 is 2.67 bits per heavy atom. The van der Waals surface area contributed by atoms with Gasteiger partial charge in [-0.3, -0.25) is 5.32 Å². The summed E-state index contributed by atoms with van der Waals surface area (Å²) in [5.41, 5.74) is 0.136. The Morgan fingerprint density at radius 1 is 1.23 bits per heavy atom. The number of halogens is 3. The van der Waals surface area contributed by atoms with Crippen LogP contribution >= 0.6 is 34.8 Å². The minimum Gasteiger partial charge on any atom is -0.504 e. The number of hydrogen-bond acceptors (Lipinski definition) is 6. The first-order chi connectivity index (χ1) is 14.3. The van der Waals surface area contributed by atoms with Crippen LogP contribution in [0.5, 0.6) is 5.75 Å². The highest BCUT2D eigenvalue weighted by Crippen LogP contribution is 2.39. The van der Waals surface area contributed by atoms with E-state index in [2.05, 4.69) is 15.6 Å². The van der Waals surface area contributed by atoms with Gasteiger partial charge in [0.15, 0.2) is 11.9 Å². The molecule has 1 aliphatic heterocycles. The molecule has 3 N–H and O–H groups in total. The van der Waals surface area contributed by atoms with Crippen molar-refractivity contribution in [3.63, 3.8) is 0 Å². The van der Waals surface area contributed by atoms with Crippen molar-refractivity contribution in [1.82, 2.24) is 9.79 Å². The van der Waals surface area contributed by atoms with Crippen molar-refractivity contribution < 1.29 is 18.4 Å². The fourth-order valence-electron chi connectivity index (χ4n) is 2.40. The Morgan fingerprint density at radius 2 is 2.00 bits per heavy atom. The van der Waals surface area contributed by atoms with Crippen LogP contribution < -0.4 is 10.6 Å². The Labute approximate surface area is 186 Å². The van der Waals surface area contributed by atoms with Gasteiger partial charge in [0.05, 0.1) is 33.0 Å². The third-order valence-corrected chi connectivity index (χ3v) is 6.67. The zero-order valence-corrected chi connectivity index (χ0v) is 17.9. The number of aliphatic imine (C=N–C) groups is 1. The van der Waals surface area contributed by atoms with E-state index >= 15 is 0 Å². The molecule has 13 heteroatoms. The van der Waals surface area contributed by atoms with Crippen LogP contribution in [0, 0.1) is 11.5 Å². The molecular formula is C17H12Cl3N5O4S. The second-order valence-corrected chi connectivity index (χ2v) is 8.59. The summed E-state index contributed by atoms with van der Waals surface area (Å²) in [5, 5.41) is 24.7. The van der Waals surface area contributed by atoms with Crippen molar-refractivity contribution in [3.8, 4) is 11.9 Å². The summed E-state index contributed by atoms with van der Waals surface area (Å²) in [7, 11) is -4.28. The smallest absolute Gasteiger partial charge is 0.279 e. The van der Waals surface area contributed by atoms with Gasteiger partial charge in [-0.2, -0.15) is 5.26 Å². The fourth-order valence-corrected chi connectivity index (χ4v) is 4.50. The minimum atomic E-state index is -4.28. The monoisotopic (exact) mass is 487 g/mol. The van der Waals surface area contributed by atoms with E-state index in [0.717, 1.165) is 0 Å². The van der Waals surface area contributed by atoms with Crippen molar-refractivity contribution in [2.75, 3.05) is 11.9 Å². The van der Waals surface area contributed by atoms with Gasteiger partial charge in [-0.15, -0.1) is 0 Å². The molecule has 3 rings (SSSR count). The largest absolute Gasteiger partial charge is 0.504 e. The predicted molar refractivity (Wildman–Crippen MR) is 113 cm³/mol. The number of guanidine groups is 1. The third-order valence-electron chi connectivity index (χ3n) is 3.73. The maximum atomic E-state index is 12.8. The first-order valence-electron chi connectivity index (χ1n) is 8.06. The second-order valence-electron chi connectivity index (χ2n) is 5.64. The number of anilines is 1. The highest BCUT2D eigenvalue weighted by atomic mass is 35.5. The summed E-state index contributed by atoms with van der Waals surface area (Å²) in [4.78, 5) is 8.49. The molecule has 0 aliphatic carbocycles. The van der Waals surface area contributed by atoms with Crippen molar-refractivity contribution in [3.05, 3.63) is 57.7 Å². The summed E-state index contributed by atoms with van der Waals surface area (Å²) >= 11 is 18.1. The number of benzene rings is 2. The molecule has 2 aromatic carbocycles. The number of phenolic OH excluding ortho intramolecular Hbond substituents is 1. The summed E-state index contributed by atoms with van der Waals surface area (Å²) in [6, 6.07) is 7.28. The molecule has 0 radical (unpaired) electrons. The second kappa shape index (κ2) is 8.99. The van der Waals surface area contributed by atoms with Gasteiger partial charge in [-0.25, -0.2) is 13.4 Å². The molecule has 0 spiro atoms. The van der Waals surface area contributed by atoms with E-state index in [0.29, 0.717) is 4.47 Å². The Balaban J connectivity index is 2.02. The number of nitrogens with one attached hydrogen (secondary N) is 2. The number of phenols is 1. The lowest BCUT2D eigenvalue weighted by Crippen LogP contribution is -2.28. The van der Waals surface area contributed by atoms with E-state index in [-0.39, 0.29) is 38.9 Å². The zero-order chi connectivity index (χ0) is 21.9. The van der Waals surface area contributed by atoms with Crippen LogP contribution in [0.15, 0.2) is 52.6 Å². The summed E-state index contributed by atoms with van der Waals surface area (Å²) in [6.45, 7) is -0.0499. The van der Waals surface area contributed by atoms with Crippen LogP contribution in [-0.4, -0.2) is 30.5 Å². The fraction of sp³-hybridized carbons (Fsp3) is 0.0588. The molecule has 1 aliphatic rings. The van der Waals surface area contributed by atoms with E-state index in [9.17, 15) is 13.5 Å². The molecule has 0 aromatic heterocycles. The molecule has 0 unspecified atom stereocenters. The average Bonchev–Trinajstić information content (AvgIpc) is 3.23. The number of sulfonamides is 1. The van der Waals surface area contributed by atoms with E-state index in [1.807, 2.05) is 0 Å². The lowest BCUT2D eigenvalue weighted by Gasteiger charge is -2.18. The molecule has 0 atom stereocenters. The summed E-state index contributed by atoms with van der Waals surface area (Å²) in [5.74, 6) is -0.843. The number of nitrogens with zero attached hydrogens (tertiary/aromatic N) is 3. The van der Waals surface area contributed by atoms with Crippen molar-refractivity contribution in [2.24, 2.45) is 4.99 Å². The zero-order valence-electron chi connectivity index (χ0n) is 14.8. The Bertz CT molecular complexity index is 1190. The van der Waals surface area contributed by atoms with Crippen LogP contribution in [0.3, 0.4) is 0 Å². The first-order valence-corrected chi connectivity index (χ1v) is 10.6. The van der Waals surface area contributed by atoms with Crippen LogP contribution in [0.25, 0.3) is 0 Å². The lowest BCUT2D eigenvalue weighted by atomic mass is 10.3. The Kier molecular flexibility index (Phi) is 6.60. The van der Waals surface area contributed by atoms with Crippen LogP contribution in [0.1, 0.15) is 0 Å². The normalized spacial score (nSPS) is 14.3. The quantitative estimate of drug-likeness (QED) is 0.195. The first kappa shape index (κ1) is 22.0. The molecule has 2 aromatic rings. The molecular weight excluding hydrogens is 477 g/mol. The molecule has 1 heterocycles. The van der Waals surface area contributed by atoms with Crippen LogP contribution in [0.2, 0.25) is 15.1 Å². The predicted octanol–water partition coefficient (Wildman–Crippen LogP) is 3.97. The summed E-state index contributed by atoms with van der Waals surface area (Å²) < 4.78 is 26.2. The van der Waals surface area contributed by atoms with E-state index < -0.39 is 20.7 Å². The van der Waals surface area contributed by atoms with Gasteiger partial charge in [0.25, 0.3) is 10.0 Å². The van der Waals surface area contributed by atoms with Gasteiger partial charge in [0.1, 0.15) is 11.2 Å². The molecule has 0 saturated carbocycles. The number of hydroxylamine groups is 1. The maximum absolute atomic E-state index is 12.8. The van der Waals surface area contributed by atoms with Crippen LogP contribution in [-0.2, 0) is 14.9 Å². The standard InChI is InChI=1S/C17H12Cl3N5O4S/c18-10-3-1-4-12(14(10)20)23-17(22-9-21)24-13-6-5-11(19)16(15(13)26)30(27,28)25-7-2-8-29-25/h1-6,8,26H,7H2,(H2,22,23,24). The number of aromatic hydroxyl groups is 1. The SMILES string of the molecule is N#CNC(=Nc1cccc(Cl)c1Cl)Nc1ccc(Cl)c(S(=O)(=O)N2CC=CO2)c1O. The van der Waals surface area contributed by atoms with Gasteiger partial charge < -0.3 is 15.3 Å². The number of nitriles is 1. The number of rotatable bonds is 4. The molecule has 0 fully saturated rings. The minimum absolute atomic E-state index is 0.0499. The van der Waals surface area contributed by atoms with Gasteiger partial charge >= 0.3 is 0 Å². The molecule has 30 heavy (non-hydrogen) atoms. The van der Waals surface area contributed by atoms with Gasteiger partial charge in [0.2, 0.25) is 5.96 Å². The number of hydrogen-bond donors (Lipinski definition) is 3. The van der Waals surface area contributed by atoms with Gasteiger partial charge in [-0.1, -0.05) is 40.9 Å². The highest BCUT2D eigenvalue weighted by Gasteiger charge is 2.33. The highest BCUT2D eigenvalue weighted by molar-refractivity contribution is 7.89. The average molecular weight is 489 g/mol. The van der Waals surface area contributed by atoms with E-state index in [1.54, 1.807) is 24.4 Å². The van der Waals surface area contributed by atoms with E-state index in [1.165, 1.54) is 24.5 Å². The molecule has 0 amide bonds. The van der Waals surface area contributed by atoms with Gasteiger partial charge in [0, 0.05) is 0 Å². The maximum Gasteiger partial charge on any atom is 0.279 e. The van der Waals surface area contributed by atoms with Crippen molar-refractivity contribution in [2.45, 2.75) is 4.90 Å². The summed E-state index contributed by atoms with van der Waals surface area (Å²) in [6.07, 6.45) is 4.35. The third kappa shape index (κ3) is 4.40. The molecule has 0 saturated heterocycles. The van der Waals surface area contributed by atoms with Crippen molar-refractivity contribution >= 4 is 62.2 Å². The lowest BCUT2D eigenvalue weighted by molar-refractivity contribution is 0.0157. The molecule has 156 valence electrons. The van der Waals surface area contributed by atoms with E-state index in [4.69, 9.17) is 44.9 Å². The Hall–Kier alpha value is -2.68. The van der Waals surface area contributed by atoms with Crippen LogP contribution in [0.4, 0.5) is 11.4 Å². The van der Waals surface area contributed by atoms with Crippen molar-refractivity contribution in [1.29, 1.82) is 5.26 Å². The molecule has 9 nitrogen and oxygen atoms in total. The topological polar surface area (TPSA) is 127 Å². The molecule has 0 bridgehead atoms. The van der Waals surface area contributed by atoms with Gasteiger partial charge in [-0.05, 0) is 34.8 Å².